The molecule has 0 saturated carbocycles. The summed E-state index contributed by atoms with van der Waals surface area (Å²) in [7, 11) is 1.62. The first-order chi connectivity index (χ1) is 11.2. The monoisotopic (exact) mass is 307 g/mol. The van der Waals surface area contributed by atoms with Gasteiger partial charge in [0.1, 0.15) is 11.7 Å². The second kappa shape index (κ2) is 6.44. The van der Waals surface area contributed by atoms with Crippen LogP contribution in [-0.2, 0) is 4.79 Å². The van der Waals surface area contributed by atoms with E-state index >= 15 is 0 Å². The van der Waals surface area contributed by atoms with Crippen molar-refractivity contribution in [1.29, 1.82) is 0 Å². The van der Waals surface area contributed by atoms with Crippen LogP contribution in [0.3, 0.4) is 0 Å². The lowest BCUT2D eigenvalue weighted by atomic mass is 10.1. The number of benzene rings is 2. The van der Waals surface area contributed by atoms with Crippen LogP contribution in [0.2, 0.25) is 0 Å². The molecule has 0 bridgehead atoms. The minimum Gasteiger partial charge on any atom is -0.497 e. The molecule has 1 atom stereocenters. The lowest BCUT2D eigenvalue weighted by Gasteiger charge is -2.12. The molecule has 1 aliphatic heterocycles. The van der Waals surface area contributed by atoms with Gasteiger partial charge >= 0.3 is 0 Å². The van der Waals surface area contributed by atoms with Crippen molar-refractivity contribution in [3.8, 4) is 5.75 Å². The summed E-state index contributed by atoms with van der Waals surface area (Å²) in [5.41, 5.74) is 2.26. The van der Waals surface area contributed by atoms with E-state index in [2.05, 4.69) is 10.1 Å². The summed E-state index contributed by atoms with van der Waals surface area (Å²) in [6, 6.07) is 16.7. The molecule has 0 spiro atoms. The van der Waals surface area contributed by atoms with Gasteiger partial charge in [-0.15, -0.1) is 0 Å². The molecule has 3 rings (SSSR count). The number of para-hydroxylation sites is 1. The number of ether oxygens (including phenoxy) is 1. The Morgan fingerprint density at radius 1 is 1.13 bits per heavy atom. The van der Waals surface area contributed by atoms with Crippen molar-refractivity contribution in [1.82, 2.24) is 0 Å². The molecule has 1 heterocycles. The Labute approximate surface area is 134 Å². The third-order valence-corrected chi connectivity index (χ3v) is 3.63. The predicted molar refractivity (Wildman–Crippen MR) is 91.7 cm³/mol. The van der Waals surface area contributed by atoms with Crippen molar-refractivity contribution in [2.45, 2.75) is 6.92 Å². The SMILES string of the molecule is COc1ccc(N=C[C@@H]2C(=O)N(c3ccccc3)N=C2C)cc1. The molecule has 0 N–H and O–H groups in total. The van der Waals surface area contributed by atoms with Gasteiger partial charge in [0.05, 0.1) is 24.2 Å². The average Bonchev–Trinajstić information content (AvgIpc) is 2.88. The van der Waals surface area contributed by atoms with Gasteiger partial charge in [0.2, 0.25) is 0 Å². The lowest BCUT2D eigenvalue weighted by molar-refractivity contribution is -0.118. The fourth-order valence-electron chi connectivity index (χ4n) is 2.33. The number of hydrazone groups is 1. The van der Waals surface area contributed by atoms with Crippen LogP contribution in [-0.4, -0.2) is 24.9 Å². The number of rotatable bonds is 4. The zero-order chi connectivity index (χ0) is 16.2. The fraction of sp³-hybridized carbons (Fsp3) is 0.167. The Kier molecular flexibility index (Phi) is 4.19. The molecule has 0 radical (unpaired) electrons. The number of methoxy groups -OCH3 is 1. The molecule has 116 valence electrons. The highest BCUT2D eigenvalue weighted by atomic mass is 16.5. The quantitative estimate of drug-likeness (QED) is 0.813. The van der Waals surface area contributed by atoms with E-state index in [1.165, 1.54) is 5.01 Å². The predicted octanol–water partition coefficient (Wildman–Crippen LogP) is 3.44. The Morgan fingerprint density at radius 2 is 1.83 bits per heavy atom. The van der Waals surface area contributed by atoms with Crippen LogP contribution < -0.4 is 9.75 Å². The zero-order valence-corrected chi connectivity index (χ0v) is 13.0. The highest BCUT2D eigenvalue weighted by molar-refractivity contribution is 6.23. The number of nitrogens with zero attached hydrogens (tertiary/aromatic N) is 3. The molecule has 1 amide bonds. The van der Waals surface area contributed by atoms with Crippen molar-refractivity contribution in [3.63, 3.8) is 0 Å². The maximum Gasteiger partial charge on any atom is 0.261 e. The van der Waals surface area contributed by atoms with Crippen LogP contribution in [0.4, 0.5) is 11.4 Å². The van der Waals surface area contributed by atoms with Gasteiger partial charge < -0.3 is 4.74 Å². The summed E-state index contributed by atoms with van der Waals surface area (Å²) in [6.45, 7) is 1.84. The normalized spacial score (nSPS) is 17.7. The average molecular weight is 307 g/mol. The van der Waals surface area contributed by atoms with Gasteiger partial charge in [0, 0.05) is 6.21 Å². The number of carbonyl (C=O) groups excluding carboxylic acids is 1. The number of hydrogen-bond acceptors (Lipinski definition) is 4. The summed E-state index contributed by atoms with van der Waals surface area (Å²) in [6.07, 6.45) is 1.64. The van der Waals surface area contributed by atoms with E-state index in [0.717, 1.165) is 22.8 Å². The van der Waals surface area contributed by atoms with Gasteiger partial charge in [-0.05, 0) is 43.3 Å². The summed E-state index contributed by atoms with van der Waals surface area (Å²) in [4.78, 5) is 16.9. The number of anilines is 1. The second-order valence-corrected chi connectivity index (χ2v) is 5.18. The first-order valence-electron chi connectivity index (χ1n) is 7.31. The molecule has 23 heavy (non-hydrogen) atoms. The fourth-order valence-corrected chi connectivity index (χ4v) is 2.33. The molecule has 0 fully saturated rings. The van der Waals surface area contributed by atoms with Crippen LogP contribution in [0.25, 0.3) is 0 Å². The van der Waals surface area contributed by atoms with Crippen LogP contribution in [0.1, 0.15) is 6.92 Å². The summed E-state index contributed by atoms with van der Waals surface area (Å²) in [5, 5.41) is 5.78. The van der Waals surface area contributed by atoms with Gasteiger partial charge in [-0.1, -0.05) is 18.2 Å². The zero-order valence-electron chi connectivity index (χ0n) is 13.0. The Balaban J connectivity index is 1.77. The van der Waals surface area contributed by atoms with Gasteiger partial charge in [-0.2, -0.15) is 10.1 Å². The lowest BCUT2D eigenvalue weighted by Crippen LogP contribution is -2.27. The maximum atomic E-state index is 12.5. The second-order valence-electron chi connectivity index (χ2n) is 5.18. The molecular formula is C18H17N3O2. The topological polar surface area (TPSA) is 54.3 Å². The molecule has 0 saturated heterocycles. The van der Waals surface area contributed by atoms with Crippen molar-refractivity contribution in [2.75, 3.05) is 12.1 Å². The van der Waals surface area contributed by atoms with E-state index in [1.807, 2.05) is 61.5 Å². The van der Waals surface area contributed by atoms with Crippen LogP contribution >= 0.6 is 0 Å². The molecule has 0 aromatic heterocycles. The highest BCUT2D eigenvalue weighted by Gasteiger charge is 2.33. The minimum absolute atomic E-state index is 0.0917. The van der Waals surface area contributed by atoms with Crippen LogP contribution in [0, 0.1) is 5.92 Å². The van der Waals surface area contributed by atoms with E-state index in [4.69, 9.17) is 4.74 Å². The van der Waals surface area contributed by atoms with Gasteiger partial charge in [0.25, 0.3) is 5.91 Å². The maximum absolute atomic E-state index is 12.5. The molecule has 2 aromatic rings. The molecule has 5 heteroatoms. The standard InChI is InChI=1S/C18H17N3O2/c1-13-17(12-19-14-8-10-16(23-2)11-9-14)18(22)21(20-13)15-6-4-3-5-7-15/h3-12,17H,1-2H3/t17-/m0/s1. The summed E-state index contributed by atoms with van der Waals surface area (Å²) >= 11 is 0. The van der Waals surface area contributed by atoms with Gasteiger partial charge in [-0.25, -0.2) is 0 Å². The van der Waals surface area contributed by atoms with E-state index in [-0.39, 0.29) is 5.91 Å². The minimum atomic E-state index is -0.433. The number of carbonyl (C=O) groups is 1. The Hall–Kier alpha value is -2.95. The molecular weight excluding hydrogens is 290 g/mol. The number of amides is 1. The number of hydrogen-bond donors (Lipinski definition) is 0. The summed E-state index contributed by atoms with van der Waals surface area (Å²) in [5.74, 6) is 0.247. The molecule has 2 aromatic carbocycles. The molecule has 5 nitrogen and oxygen atoms in total. The van der Waals surface area contributed by atoms with E-state index in [1.54, 1.807) is 13.3 Å². The first kappa shape index (κ1) is 15.0. The largest absolute Gasteiger partial charge is 0.497 e. The van der Waals surface area contributed by atoms with Crippen LogP contribution in [0.5, 0.6) is 5.75 Å². The van der Waals surface area contributed by atoms with E-state index in [9.17, 15) is 4.79 Å². The van der Waals surface area contributed by atoms with Crippen molar-refractivity contribution in [2.24, 2.45) is 16.0 Å². The highest BCUT2D eigenvalue weighted by Crippen LogP contribution is 2.24. The van der Waals surface area contributed by atoms with Crippen LogP contribution in [0.15, 0.2) is 64.7 Å². The van der Waals surface area contributed by atoms with E-state index < -0.39 is 5.92 Å². The van der Waals surface area contributed by atoms with Crippen molar-refractivity contribution < 1.29 is 9.53 Å². The number of aliphatic imine (C=N–C) groups is 1. The van der Waals surface area contributed by atoms with Gasteiger partial charge in [0.15, 0.2) is 0 Å². The first-order valence-corrected chi connectivity index (χ1v) is 7.31. The molecule has 1 aliphatic rings. The smallest absolute Gasteiger partial charge is 0.261 e. The Bertz CT molecular complexity index is 752. The van der Waals surface area contributed by atoms with Gasteiger partial charge in [-0.3, -0.25) is 9.79 Å². The van der Waals surface area contributed by atoms with E-state index in [0.29, 0.717) is 0 Å². The molecule has 0 unspecified atom stereocenters. The molecule has 0 aliphatic carbocycles. The van der Waals surface area contributed by atoms with Crippen molar-refractivity contribution in [3.05, 3.63) is 54.6 Å². The third kappa shape index (κ3) is 3.13. The third-order valence-electron chi connectivity index (χ3n) is 3.63. The summed E-state index contributed by atoms with van der Waals surface area (Å²) < 4.78 is 5.11. The Morgan fingerprint density at radius 3 is 2.48 bits per heavy atom. The van der Waals surface area contributed by atoms with Crippen molar-refractivity contribution >= 4 is 29.2 Å².